The molecule has 0 spiro atoms. The summed E-state index contributed by atoms with van der Waals surface area (Å²) in [4.78, 5) is 23.5. The van der Waals surface area contributed by atoms with Gasteiger partial charge in [-0.05, 0) is 38.5 Å². The van der Waals surface area contributed by atoms with E-state index < -0.39 is 6.04 Å². The van der Waals surface area contributed by atoms with Gasteiger partial charge in [-0.2, -0.15) is 0 Å². The standard InChI is InChI=1S/C15H18N2O4/c1-4-21-12-7-10(5-6-11(12)19)14-13(9(3)18)8(2)16-15(20)17-14/h5-7,14,19H,4H2,1-3H3,(H2,16,17,20). The van der Waals surface area contributed by atoms with Gasteiger partial charge in [0.15, 0.2) is 17.3 Å². The van der Waals surface area contributed by atoms with Crippen LogP contribution in [0, 0.1) is 0 Å². The summed E-state index contributed by atoms with van der Waals surface area (Å²) in [6.07, 6.45) is 0. The smallest absolute Gasteiger partial charge is 0.319 e. The number of phenolic OH excluding ortho intramolecular Hbond substituents is 1. The molecule has 3 N–H and O–H groups in total. The van der Waals surface area contributed by atoms with Crippen molar-refractivity contribution in [1.82, 2.24) is 10.6 Å². The third kappa shape index (κ3) is 2.99. The van der Waals surface area contributed by atoms with Crippen LogP contribution in [0.3, 0.4) is 0 Å². The fourth-order valence-corrected chi connectivity index (χ4v) is 2.39. The fourth-order valence-electron chi connectivity index (χ4n) is 2.39. The molecule has 0 aliphatic carbocycles. The van der Waals surface area contributed by atoms with Crippen LogP contribution in [0.15, 0.2) is 29.5 Å². The molecule has 2 amide bonds. The number of phenols is 1. The number of carbonyl (C=O) groups excluding carboxylic acids is 2. The van der Waals surface area contributed by atoms with Crippen molar-refractivity contribution >= 4 is 11.8 Å². The quantitative estimate of drug-likeness (QED) is 0.791. The van der Waals surface area contributed by atoms with Gasteiger partial charge in [0.05, 0.1) is 12.6 Å². The zero-order valence-corrected chi connectivity index (χ0v) is 12.2. The van der Waals surface area contributed by atoms with Crippen LogP contribution in [0.2, 0.25) is 0 Å². The lowest BCUT2D eigenvalue weighted by Gasteiger charge is -2.28. The maximum atomic E-state index is 11.8. The Bertz CT molecular complexity index is 622. The molecule has 0 radical (unpaired) electrons. The Morgan fingerprint density at radius 3 is 2.76 bits per heavy atom. The predicted molar refractivity (Wildman–Crippen MR) is 77.1 cm³/mol. The lowest BCUT2D eigenvalue weighted by Crippen LogP contribution is -2.44. The highest BCUT2D eigenvalue weighted by atomic mass is 16.5. The Hall–Kier alpha value is -2.50. The van der Waals surface area contributed by atoms with E-state index in [4.69, 9.17) is 4.74 Å². The average Bonchev–Trinajstić information content (AvgIpc) is 2.40. The Balaban J connectivity index is 2.48. The predicted octanol–water partition coefficient (Wildman–Crippen LogP) is 2.01. The van der Waals surface area contributed by atoms with Gasteiger partial charge in [-0.25, -0.2) is 4.79 Å². The summed E-state index contributed by atoms with van der Waals surface area (Å²) in [7, 11) is 0. The van der Waals surface area contributed by atoms with Gasteiger partial charge in [0.25, 0.3) is 0 Å². The average molecular weight is 290 g/mol. The molecule has 112 valence electrons. The number of hydrogen-bond acceptors (Lipinski definition) is 4. The van der Waals surface area contributed by atoms with E-state index in [-0.39, 0.29) is 17.6 Å². The van der Waals surface area contributed by atoms with Crippen LogP contribution in [0.1, 0.15) is 32.4 Å². The monoisotopic (exact) mass is 290 g/mol. The molecule has 0 aromatic heterocycles. The third-order valence-corrected chi connectivity index (χ3v) is 3.27. The molecule has 0 saturated carbocycles. The number of carbonyl (C=O) groups is 2. The van der Waals surface area contributed by atoms with E-state index in [1.54, 1.807) is 19.1 Å². The molecule has 0 saturated heterocycles. The molecular formula is C15H18N2O4. The minimum absolute atomic E-state index is 0.0194. The van der Waals surface area contributed by atoms with E-state index in [1.807, 2.05) is 6.92 Å². The van der Waals surface area contributed by atoms with Crippen molar-refractivity contribution in [2.75, 3.05) is 6.61 Å². The highest BCUT2D eigenvalue weighted by Crippen LogP contribution is 2.33. The van der Waals surface area contributed by atoms with E-state index in [9.17, 15) is 14.7 Å². The van der Waals surface area contributed by atoms with Crippen LogP contribution >= 0.6 is 0 Å². The fraction of sp³-hybridized carbons (Fsp3) is 0.333. The maximum Gasteiger partial charge on any atom is 0.319 e. The van der Waals surface area contributed by atoms with Crippen molar-refractivity contribution in [3.8, 4) is 11.5 Å². The highest BCUT2D eigenvalue weighted by Gasteiger charge is 2.29. The minimum Gasteiger partial charge on any atom is -0.504 e. The van der Waals surface area contributed by atoms with Crippen LogP contribution in [0.4, 0.5) is 4.79 Å². The molecule has 1 unspecified atom stereocenters. The number of urea groups is 1. The first-order valence-electron chi connectivity index (χ1n) is 6.69. The molecule has 1 heterocycles. The van der Waals surface area contributed by atoms with Gasteiger partial charge in [0.1, 0.15) is 0 Å². The van der Waals surface area contributed by atoms with Crippen LogP contribution < -0.4 is 15.4 Å². The van der Waals surface area contributed by atoms with Gasteiger partial charge in [-0.15, -0.1) is 0 Å². The number of allylic oxidation sites excluding steroid dienone is 1. The van der Waals surface area contributed by atoms with Crippen molar-refractivity contribution in [2.24, 2.45) is 0 Å². The maximum absolute atomic E-state index is 11.8. The molecule has 21 heavy (non-hydrogen) atoms. The summed E-state index contributed by atoms with van der Waals surface area (Å²) in [5, 5.41) is 15.0. The van der Waals surface area contributed by atoms with E-state index in [1.165, 1.54) is 13.0 Å². The summed E-state index contributed by atoms with van der Waals surface area (Å²) in [5.41, 5.74) is 1.70. The molecule has 0 bridgehead atoms. The molecule has 6 heteroatoms. The van der Waals surface area contributed by atoms with E-state index in [0.717, 1.165) is 0 Å². The highest BCUT2D eigenvalue weighted by molar-refractivity contribution is 5.98. The number of Topliss-reactive ketones (excluding diaryl/α,β-unsaturated/α-hetero) is 1. The summed E-state index contributed by atoms with van der Waals surface area (Å²) < 4.78 is 5.34. The number of hydrogen-bond donors (Lipinski definition) is 3. The largest absolute Gasteiger partial charge is 0.504 e. The molecule has 2 rings (SSSR count). The molecule has 6 nitrogen and oxygen atoms in total. The molecule has 1 aliphatic heterocycles. The Kier molecular flexibility index (Phi) is 4.16. The van der Waals surface area contributed by atoms with Gasteiger partial charge >= 0.3 is 6.03 Å². The number of amides is 2. The summed E-state index contributed by atoms with van der Waals surface area (Å²) >= 11 is 0. The van der Waals surface area contributed by atoms with Crippen LogP contribution in [0.5, 0.6) is 11.5 Å². The Morgan fingerprint density at radius 2 is 2.14 bits per heavy atom. The first kappa shape index (κ1) is 14.9. The Morgan fingerprint density at radius 1 is 1.43 bits per heavy atom. The van der Waals surface area contributed by atoms with Crippen LogP contribution in [-0.2, 0) is 4.79 Å². The first-order chi connectivity index (χ1) is 9.93. The van der Waals surface area contributed by atoms with Crippen molar-refractivity contribution in [3.05, 3.63) is 35.0 Å². The number of ketones is 1. The number of aromatic hydroxyl groups is 1. The summed E-state index contributed by atoms with van der Waals surface area (Å²) in [5.74, 6) is 0.213. The number of rotatable bonds is 4. The lowest BCUT2D eigenvalue weighted by atomic mass is 9.93. The summed E-state index contributed by atoms with van der Waals surface area (Å²) in [6, 6.07) is 3.85. The summed E-state index contributed by atoms with van der Waals surface area (Å²) in [6.45, 7) is 5.36. The van der Waals surface area contributed by atoms with Crippen LogP contribution in [-0.4, -0.2) is 23.5 Å². The number of ether oxygens (including phenoxy) is 1. The van der Waals surface area contributed by atoms with Gasteiger partial charge in [-0.1, -0.05) is 6.07 Å². The second-order valence-corrected chi connectivity index (χ2v) is 4.79. The SMILES string of the molecule is CCOc1cc(C2NC(=O)NC(C)=C2C(C)=O)ccc1O. The van der Waals surface area contributed by atoms with Gasteiger partial charge in [0, 0.05) is 11.3 Å². The van der Waals surface area contributed by atoms with Crippen molar-refractivity contribution in [3.63, 3.8) is 0 Å². The van der Waals surface area contributed by atoms with E-state index in [2.05, 4.69) is 10.6 Å². The minimum atomic E-state index is -0.559. The molecule has 1 aliphatic rings. The van der Waals surface area contributed by atoms with Crippen molar-refractivity contribution in [1.29, 1.82) is 0 Å². The zero-order chi connectivity index (χ0) is 15.6. The molecule has 0 fully saturated rings. The van der Waals surface area contributed by atoms with E-state index in [0.29, 0.717) is 29.2 Å². The van der Waals surface area contributed by atoms with Gasteiger partial charge < -0.3 is 20.5 Å². The number of nitrogens with one attached hydrogen (secondary N) is 2. The van der Waals surface area contributed by atoms with Crippen molar-refractivity contribution < 1.29 is 19.4 Å². The normalized spacial score (nSPS) is 18.0. The molecule has 1 atom stereocenters. The second kappa shape index (κ2) is 5.87. The van der Waals surface area contributed by atoms with E-state index >= 15 is 0 Å². The molecule has 1 aromatic rings. The topological polar surface area (TPSA) is 87.7 Å². The first-order valence-corrected chi connectivity index (χ1v) is 6.69. The second-order valence-electron chi connectivity index (χ2n) is 4.79. The zero-order valence-electron chi connectivity index (χ0n) is 12.2. The molecular weight excluding hydrogens is 272 g/mol. The van der Waals surface area contributed by atoms with Crippen LogP contribution in [0.25, 0.3) is 0 Å². The Labute approximate surface area is 122 Å². The lowest BCUT2D eigenvalue weighted by molar-refractivity contribution is -0.114. The third-order valence-electron chi connectivity index (χ3n) is 3.27. The molecule has 1 aromatic carbocycles. The number of benzene rings is 1. The van der Waals surface area contributed by atoms with Gasteiger partial charge in [0.2, 0.25) is 0 Å². The van der Waals surface area contributed by atoms with Crippen molar-refractivity contribution in [2.45, 2.75) is 26.8 Å². The van der Waals surface area contributed by atoms with Gasteiger partial charge in [-0.3, -0.25) is 4.79 Å².